The maximum atomic E-state index is 13.2. The molecule has 1 fully saturated rings. The Labute approximate surface area is 177 Å². The summed E-state index contributed by atoms with van der Waals surface area (Å²) in [5.74, 6) is 0.449. The molecule has 0 aliphatic carbocycles. The summed E-state index contributed by atoms with van der Waals surface area (Å²) in [4.78, 5) is 31.7. The first-order chi connectivity index (χ1) is 14.6. The van der Waals surface area contributed by atoms with Gasteiger partial charge in [-0.25, -0.2) is 0 Å². The van der Waals surface area contributed by atoms with Crippen LogP contribution in [0.4, 0.5) is 0 Å². The molecule has 8 nitrogen and oxygen atoms in total. The van der Waals surface area contributed by atoms with Crippen molar-refractivity contribution >= 4 is 23.4 Å². The standard InChI is InChI=1S/C21H19ClN4O4/c1-29-17-11-14(22)7-8-15(17)21(28)26-10-9-23-20(27)16(26)12-18-24-19(25-30-18)13-5-3-2-4-6-13/h2-8,11,16H,9-10,12H2,1H3,(H,23,27). The number of ether oxygens (including phenoxy) is 1. The maximum absolute atomic E-state index is 13.2. The van der Waals surface area contributed by atoms with Crippen molar-refractivity contribution in [2.75, 3.05) is 20.2 Å². The highest BCUT2D eigenvalue weighted by Gasteiger charge is 2.36. The molecule has 0 radical (unpaired) electrons. The predicted molar refractivity (Wildman–Crippen MR) is 109 cm³/mol. The number of carbonyl (C=O) groups is 2. The number of carbonyl (C=O) groups excluding carboxylic acids is 2. The van der Waals surface area contributed by atoms with Crippen LogP contribution in [0.2, 0.25) is 5.02 Å². The fourth-order valence-electron chi connectivity index (χ4n) is 3.36. The maximum Gasteiger partial charge on any atom is 0.258 e. The number of piperazine rings is 1. The van der Waals surface area contributed by atoms with E-state index >= 15 is 0 Å². The van der Waals surface area contributed by atoms with Crippen molar-refractivity contribution in [3.63, 3.8) is 0 Å². The minimum Gasteiger partial charge on any atom is -0.496 e. The van der Waals surface area contributed by atoms with Crippen molar-refractivity contribution in [2.24, 2.45) is 0 Å². The molecular formula is C21H19ClN4O4. The van der Waals surface area contributed by atoms with E-state index in [2.05, 4.69) is 15.5 Å². The van der Waals surface area contributed by atoms with E-state index in [1.54, 1.807) is 18.2 Å². The summed E-state index contributed by atoms with van der Waals surface area (Å²) in [5, 5.41) is 7.23. The highest BCUT2D eigenvalue weighted by Crippen LogP contribution is 2.26. The van der Waals surface area contributed by atoms with E-state index in [0.717, 1.165) is 5.56 Å². The molecule has 4 rings (SSSR count). The van der Waals surface area contributed by atoms with Gasteiger partial charge in [0.15, 0.2) is 0 Å². The van der Waals surface area contributed by atoms with Gasteiger partial charge in [0.25, 0.3) is 5.91 Å². The first kappa shape index (κ1) is 19.9. The topological polar surface area (TPSA) is 97.6 Å². The molecule has 1 atom stereocenters. The second kappa shape index (κ2) is 8.54. The number of halogens is 1. The highest BCUT2D eigenvalue weighted by atomic mass is 35.5. The minimum absolute atomic E-state index is 0.104. The molecule has 1 N–H and O–H groups in total. The average Bonchev–Trinajstić information content (AvgIpc) is 3.24. The summed E-state index contributed by atoms with van der Waals surface area (Å²) in [6.07, 6.45) is 0.104. The molecule has 1 saturated heterocycles. The number of amides is 2. The van der Waals surface area contributed by atoms with E-state index in [0.29, 0.717) is 35.2 Å². The first-order valence-electron chi connectivity index (χ1n) is 9.37. The van der Waals surface area contributed by atoms with E-state index in [1.165, 1.54) is 12.0 Å². The number of benzene rings is 2. The van der Waals surface area contributed by atoms with Crippen molar-refractivity contribution in [2.45, 2.75) is 12.5 Å². The van der Waals surface area contributed by atoms with E-state index in [4.69, 9.17) is 20.9 Å². The fraction of sp³-hybridized carbons (Fsp3) is 0.238. The van der Waals surface area contributed by atoms with Crippen LogP contribution in [0.15, 0.2) is 53.1 Å². The van der Waals surface area contributed by atoms with Gasteiger partial charge in [0.2, 0.25) is 17.6 Å². The Morgan fingerprint density at radius 3 is 2.87 bits per heavy atom. The third kappa shape index (κ3) is 3.99. The van der Waals surface area contributed by atoms with E-state index in [-0.39, 0.29) is 24.1 Å². The molecule has 1 aliphatic heterocycles. The molecule has 0 saturated carbocycles. The van der Waals surface area contributed by atoms with Crippen molar-refractivity contribution in [3.05, 3.63) is 65.0 Å². The summed E-state index contributed by atoms with van der Waals surface area (Å²) in [6.45, 7) is 0.705. The molecule has 9 heteroatoms. The van der Waals surface area contributed by atoms with E-state index in [9.17, 15) is 9.59 Å². The number of rotatable bonds is 5. The van der Waals surface area contributed by atoms with Crippen LogP contribution in [0, 0.1) is 0 Å². The van der Waals surface area contributed by atoms with E-state index in [1.807, 2.05) is 30.3 Å². The molecule has 1 aromatic heterocycles. The van der Waals surface area contributed by atoms with Crippen LogP contribution in [0.5, 0.6) is 5.75 Å². The monoisotopic (exact) mass is 426 g/mol. The minimum atomic E-state index is -0.782. The van der Waals surface area contributed by atoms with Gasteiger partial charge in [0.1, 0.15) is 11.8 Å². The lowest BCUT2D eigenvalue weighted by Crippen LogP contribution is -2.58. The van der Waals surface area contributed by atoms with Gasteiger partial charge in [0.05, 0.1) is 19.1 Å². The normalized spacial score (nSPS) is 16.3. The Balaban J connectivity index is 1.59. The Morgan fingerprint density at radius 1 is 1.30 bits per heavy atom. The zero-order valence-corrected chi connectivity index (χ0v) is 16.9. The molecular weight excluding hydrogens is 408 g/mol. The van der Waals surface area contributed by atoms with Crippen LogP contribution in [0.1, 0.15) is 16.2 Å². The lowest BCUT2D eigenvalue weighted by atomic mass is 10.1. The van der Waals surface area contributed by atoms with Crippen LogP contribution >= 0.6 is 11.6 Å². The highest BCUT2D eigenvalue weighted by molar-refractivity contribution is 6.30. The van der Waals surface area contributed by atoms with Gasteiger partial charge < -0.3 is 19.5 Å². The third-order valence-electron chi connectivity index (χ3n) is 4.85. The summed E-state index contributed by atoms with van der Waals surface area (Å²) in [5.41, 5.74) is 1.14. The molecule has 0 spiro atoms. The van der Waals surface area contributed by atoms with Crippen molar-refractivity contribution in [3.8, 4) is 17.1 Å². The predicted octanol–water partition coefficient (Wildman–Crippen LogP) is 2.58. The van der Waals surface area contributed by atoms with E-state index < -0.39 is 6.04 Å². The van der Waals surface area contributed by atoms with Gasteiger partial charge in [0, 0.05) is 23.7 Å². The second-order valence-corrected chi connectivity index (χ2v) is 7.17. The first-order valence-corrected chi connectivity index (χ1v) is 9.75. The third-order valence-corrected chi connectivity index (χ3v) is 5.09. The number of methoxy groups -OCH3 is 1. The molecule has 0 bridgehead atoms. The molecule has 3 aromatic rings. The van der Waals surface area contributed by atoms with Gasteiger partial charge in [-0.3, -0.25) is 9.59 Å². The van der Waals surface area contributed by atoms with Crippen molar-refractivity contribution in [1.29, 1.82) is 0 Å². The molecule has 2 amide bonds. The molecule has 1 aliphatic rings. The Hall–Kier alpha value is -3.39. The molecule has 30 heavy (non-hydrogen) atoms. The number of hydrogen-bond donors (Lipinski definition) is 1. The Morgan fingerprint density at radius 2 is 2.10 bits per heavy atom. The second-order valence-electron chi connectivity index (χ2n) is 6.73. The molecule has 154 valence electrons. The molecule has 1 unspecified atom stereocenters. The Bertz CT molecular complexity index is 1070. The van der Waals surface area contributed by atoms with Crippen LogP contribution in [0.25, 0.3) is 11.4 Å². The van der Waals surface area contributed by atoms with Gasteiger partial charge in [-0.2, -0.15) is 4.98 Å². The lowest BCUT2D eigenvalue weighted by Gasteiger charge is -2.34. The number of hydrogen-bond acceptors (Lipinski definition) is 6. The fourth-order valence-corrected chi connectivity index (χ4v) is 3.53. The lowest BCUT2D eigenvalue weighted by molar-refractivity contribution is -0.128. The van der Waals surface area contributed by atoms with Gasteiger partial charge >= 0.3 is 0 Å². The quantitative estimate of drug-likeness (QED) is 0.673. The van der Waals surface area contributed by atoms with Crippen LogP contribution in [-0.2, 0) is 11.2 Å². The zero-order valence-electron chi connectivity index (χ0n) is 16.2. The van der Waals surface area contributed by atoms with Crippen LogP contribution < -0.4 is 10.1 Å². The SMILES string of the molecule is COc1cc(Cl)ccc1C(=O)N1CCNC(=O)C1Cc1nc(-c2ccccc2)no1. The van der Waals surface area contributed by atoms with Gasteiger partial charge in [-0.05, 0) is 18.2 Å². The zero-order chi connectivity index (χ0) is 21.1. The largest absolute Gasteiger partial charge is 0.496 e. The molecule has 2 heterocycles. The summed E-state index contributed by atoms with van der Waals surface area (Å²) in [7, 11) is 1.46. The van der Waals surface area contributed by atoms with Crippen LogP contribution in [-0.4, -0.2) is 53.1 Å². The summed E-state index contributed by atoms with van der Waals surface area (Å²) in [6, 6.07) is 13.4. The molecule has 2 aromatic carbocycles. The number of nitrogens with zero attached hydrogens (tertiary/aromatic N) is 3. The van der Waals surface area contributed by atoms with Gasteiger partial charge in [-0.15, -0.1) is 0 Å². The smallest absolute Gasteiger partial charge is 0.258 e. The number of aromatic nitrogens is 2. The Kier molecular flexibility index (Phi) is 5.67. The summed E-state index contributed by atoms with van der Waals surface area (Å²) >= 11 is 6.00. The van der Waals surface area contributed by atoms with Crippen molar-refractivity contribution in [1.82, 2.24) is 20.4 Å². The van der Waals surface area contributed by atoms with Gasteiger partial charge in [-0.1, -0.05) is 47.1 Å². The van der Waals surface area contributed by atoms with Crippen LogP contribution in [0.3, 0.4) is 0 Å². The van der Waals surface area contributed by atoms with Crippen molar-refractivity contribution < 1.29 is 18.8 Å². The summed E-state index contributed by atoms with van der Waals surface area (Å²) < 4.78 is 10.6. The number of nitrogens with one attached hydrogen (secondary N) is 1. The average molecular weight is 427 g/mol.